The Bertz CT molecular complexity index is 622. The molecular weight excluding hydrogens is 340 g/mol. The number of hydrogen-bond donors (Lipinski definition) is 1. The molecule has 3 rings (SSSR count). The standard InChI is InChI=1S/C21H32N4O2/c1-2-23-13-8-14-25(17-20(23)26)21(27)22-15-19-11-6-7-12-24(19)16-18-9-4-3-5-10-18/h3-5,9-10,19H,2,6-8,11-17H2,1H3,(H,22,27)/t19-/m0/s1. The number of benzene rings is 1. The Kier molecular flexibility index (Phi) is 7.10. The first kappa shape index (κ1) is 19.7. The molecule has 1 aromatic rings. The van der Waals surface area contributed by atoms with Gasteiger partial charge in [0.1, 0.15) is 6.54 Å². The number of piperidine rings is 1. The van der Waals surface area contributed by atoms with Crippen molar-refractivity contribution in [3.63, 3.8) is 0 Å². The summed E-state index contributed by atoms with van der Waals surface area (Å²) in [4.78, 5) is 30.8. The van der Waals surface area contributed by atoms with Gasteiger partial charge < -0.3 is 15.1 Å². The van der Waals surface area contributed by atoms with E-state index in [-0.39, 0.29) is 18.5 Å². The van der Waals surface area contributed by atoms with Crippen molar-refractivity contribution in [1.82, 2.24) is 20.0 Å². The SMILES string of the molecule is CCN1CCCN(C(=O)NC[C@@H]2CCCCN2Cc2ccccc2)CC1=O. The van der Waals surface area contributed by atoms with Crippen molar-refractivity contribution in [2.24, 2.45) is 0 Å². The van der Waals surface area contributed by atoms with Gasteiger partial charge in [-0.15, -0.1) is 0 Å². The molecule has 2 saturated heterocycles. The molecule has 2 aliphatic rings. The Hall–Kier alpha value is -2.08. The summed E-state index contributed by atoms with van der Waals surface area (Å²) in [6.45, 7) is 6.92. The average Bonchev–Trinajstić information content (AvgIpc) is 2.89. The normalized spacial score (nSPS) is 21.8. The summed E-state index contributed by atoms with van der Waals surface area (Å²) in [5, 5.41) is 3.09. The van der Waals surface area contributed by atoms with Crippen LogP contribution in [0.2, 0.25) is 0 Å². The molecule has 2 fully saturated rings. The molecule has 27 heavy (non-hydrogen) atoms. The fourth-order valence-corrected chi connectivity index (χ4v) is 4.06. The molecule has 0 unspecified atom stereocenters. The van der Waals surface area contributed by atoms with E-state index in [0.29, 0.717) is 25.7 Å². The molecule has 0 saturated carbocycles. The Morgan fingerprint density at radius 1 is 1.11 bits per heavy atom. The van der Waals surface area contributed by atoms with Crippen LogP contribution in [0.5, 0.6) is 0 Å². The van der Waals surface area contributed by atoms with Crippen LogP contribution >= 0.6 is 0 Å². The van der Waals surface area contributed by atoms with Crippen molar-refractivity contribution >= 4 is 11.9 Å². The van der Waals surface area contributed by atoms with Crippen molar-refractivity contribution in [3.8, 4) is 0 Å². The van der Waals surface area contributed by atoms with Crippen LogP contribution in [0.3, 0.4) is 0 Å². The first-order chi connectivity index (χ1) is 13.2. The van der Waals surface area contributed by atoms with Crippen LogP contribution in [0.4, 0.5) is 4.79 Å². The molecule has 0 aromatic heterocycles. The summed E-state index contributed by atoms with van der Waals surface area (Å²) in [6, 6.07) is 10.8. The van der Waals surface area contributed by atoms with E-state index < -0.39 is 0 Å². The van der Waals surface area contributed by atoms with E-state index in [1.807, 2.05) is 17.9 Å². The van der Waals surface area contributed by atoms with Gasteiger partial charge in [0.2, 0.25) is 5.91 Å². The highest BCUT2D eigenvalue weighted by Gasteiger charge is 2.26. The molecule has 148 valence electrons. The van der Waals surface area contributed by atoms with Gasteiger partial charge >= 0.3 is 6.03 Å². The largest absolute Gasteiger partial charge is 0.341 e. The van der Waals surface area contributed by atoms with Gasteiger partial charge in [0.25, 0.3) is 0 Å². The van der Waals surface area contributed by atoms with Crippen molar-refractivity contribution in [3.05, 3.63) is 35.9 Å². The molecule has 6 nitrogen and oxygen atoms in total. The summed E-state index contributed by atoms with van der Waals surface area (Å²) < 4.78 is 0. The Morgan fingerprint density at radius 2 is 1.93 bits per heavy atom. The maximum Gasteiger partial charge on any atom is 0.317 e. The molecule has 0 spiro atoms. The average molecular weight is 373 g/mol. The lowest BCUT2D eigenvalue weighted by Crippen LogP contribution is -2.50. The first-order valence-corrected chi connectivity index (χ1v) is 10.3. The van der Waals surface area contributed by atoms with Crippen molar-refractivity contribution in [2.45, 2.75) is 45.2 Å². The molecule has 3 amide bonds. The smallest absolute Gasteiger partial charge is 0.317 e. The molecule has 1 aromatic carbocycles. The lowest BCUT2D eigenvalue weighted by molar-refractivity contribution is -0.130. The maximum atomic E-state index is 12.6. The van der Waals surface area contributed by atoms with Crippen LogP contribution in [-0.4, -0.2) is 71.9 Å². The van der Waals surface area contributed by atoms with Gasteiger partial charge in [-0.05, 0) is 38.3 Å². The van der Waals surface area contributed by atoms with Gasteiger partial charge in [-0.3, -0.25) is 9.69 Å². The third kappa shape index (κ3) is 5.45. The molecule has 1 atom stereocenters. The fraction of sp³-hybridized carbons (Fsp3) is 0.619. The zero-order chi connectivity index (χ0) is 19.1. The number of carbonyl (C=O) groups excluding carboxylic acids is 2. The summed E-state index contributed by atoms with van der Waals surface area (Å²) in [7, 11) is 0. The quantitative estimate of drug-likeness (QED) is 0.863. The summed E-state index contributed by atoms with van der Waals surface area (Å²) in [5.74, 6) is 0.0496. The van der Waals surface area contributed by atoms with E-state index in [9.17, 15) is 9.59 Å². The highest BCUT2D eigenvalue weighted by Crippen LogP contribution is 2.19. The lowest BCUT2D eigenvalue weighted by Gasteiger charge is -2.36. The number of nitrogens with one attached hydrogen (secondary N) is 1. The second-order valence-electron chi connectivity index (χ2n) is 7.54. The molecule has 0 radical (unpaired) electrons. The van der Waals surface area contributed by atoms with Gasteiger partial charge in [0.15, 0.2) is 0 Å². The van der Waals surface area contributed by atoms with Crippen molar-refractivity contribution in [2.75, 3.05) is 39.3 Å². The monoisotopic (exact) mass is 372 g/mol. The number of hydrogen-bond acceptors (Lipinski definition) is 3. The highest BCUT2D eigenvalue weighted by atomic mass is 16.2. The minimum absolute atomic E-state index is 0.0496. The van der Waals surface area contributed by atoms with Gasteiger partial charge in [-0.2, -0.15) is 0 Å². The van der Waals surface area contributed by atoms with Gasteiger partial charge in [0.05, 0.1) is 0 Å². The summed E-state index contributed by atoms with van der Waals surface area (Å²) in [6.07, 6.45) is 4.37. The van der Waals surface area contributed by atoms with Crippen LogP contribution in [0, 0.1) is 0 Å². The van der Waals surface area contributed by atoms with Gasteiger partial charge in [0, 0.05) is 38.8 Å². The number of likely N-dealkylation sites (N-methyl/N-ethyl adjacent to an activating group) is 1. The van der Waals surface area contributed by atoms with Crippen LogP contribution in [0.15, 0.2) is 30.3 Å². The predicted octanol–water partition coefficient (Wildman–Crippen LogP) is 2.30. The number of amides is 3. The van der Waals surface area contributed by atoms with E-state index >= 15 is 0 Å². The molecule has 0 bridgehead atoms. The van der Waals surface area contributed by atoms with Crippen LogP contribution < -0.4 is 5.32 Å². The van der Waals surface area contributed by atoms with Crippen LogP contribution in [-0.2, 0) is 11.3 Å². The van der Waals surface area contributed by atoms with E-state index in [1.54, 1.807) is 4.90 Å². The fourth-order valence-electron chi connectivity index (χ4n) is 4.06. The topological polar surface area (TPSA) is 55.9 Å². The minimum atomic E-state index is -0.105. The number of urea groups is 1. The van der Waals surface area contributed by atoms with Crippen molar-refractivity contribution in [1.29, 1.82) is 0 Å². The molecule has 1 N–H and O–H groups in total. The Balaban J connectivity index is 1.52. The Morgan fingerprint density at radius 3 is 2.70 bits per heavy atom. The second kappa shape index (κ2) is 9.74. The highest BCUT2D eigenvalue weighted by molar-refractivity contribution is 5.84. The van der Waals surface area contributed by atoms with E-state index in [0.717, 1.165) is 32.5 Å². The molecule has 6 heteroatoms. The number of carbonyl (C=O) groups is 2. The van der Waals surface area contributed by atoms with Crippen molar-refractivity contribution < 1.29 is 9.59 Å². The van der Waals surface area contributed by atoms with E-state index in [4.69, 9.17) is 0 Å². The number of rotatable bonds is 5. The third-order valence-electron chi connectivity index (χ3n) is 5.67. The third-order valence-corrected chi connectivity index (χ3v) is 5.67. The van der Waals surface area contributed by atoms with Gasteiger partial charge in [-0.25, -0.2) is 4.79 Å². The number of nitrogens with zero attached hydrogens (tertiary/aromatic N) is 3. The van der Waals surface area contributed by atoms with Crippen LogP contribution in [0.1, 0.15) is 38.2 Å². The number of likely N-dealkylation sites (tertiary alicyclic amines) is 1. The summed E-state index contributed by atoms with van der Waals surface area (Å²) >= 11 is 0. The minimum Gasteiger partial charge on any atom is -0.341 e. The predicted molar refractivity (Wildman–Crippen MR) is 106 cm³/mol. The first-order valence-electron chi connectivity index (χ1n) is 10.3. The zero-order valence-corrected chi connectivity index (χ0v) is 16.4. The zero-order valence-electron chi connectivity index (χ0n) is 16.4. The van der Waals surface area contributed by atoms with E-state index in [1.165, 1.54) is 18.4 Å². The van der Waals surface area contributed by atoms with Crippen LogP contribution in [0.25, 0.3) is 0 Å². The lowest BCUT2D eigenvalue weighted by atomic mass is 10.0. The molecule has 2 aliphatic heterocycles. The maximum absolute atomic E-state index is 12.6. The Labute approximate surface area is 162 Å². The van der Waals surface area contributed by atoms with Gasteiger partial charge in [-0.1, -0.05) is 36.8 Å². The molecular formula is C21H32N4O2. The second-order valence-corrected chi connectivity index (χ2v) is 7.54. The molecule has 2 heterocycles. The summed E-state index contributed by atoms with van der Waals surface area (Å²) in [5.41, 5.74) is 1.31. The van der Waals surface area contributed by atoms with E-state index in [2.05, 4.69) is 34.5 Å². The molecule has 0 aliphatic carbocycles.